The van der Waals surface area contributed by atoms with Gasteiger partial charge in [-0.2, -0.15) is 0 Å². The van der Waals surface area contributed by atoms with E-state index >= 15 is 0 Å². The van der Waals surface area contributed by atoms with E-state index in [2.05, 4.69) is 17.4 Å². The summed E-state index contributed by atoms with van der Waals surface area (Å²) in [6, 6.07) is 10.4. The summed E-state index contributed by atoms with van der Waals surface area (Å²) in [7, 11) is 0. The molecule has 4 nitrogen and oxygen atoms in total. The molecule has 0 unspecified atom stereocenters. The molecular formula is C17H23NO3. The fourth-order valence-corrected chi connectivity index (χ4v) is 3.20. The number of ether oxygens (including phenoxy) is 2. The maximum absolute atomic E-state index is 12.1. The summed E-state index contributed by atoms with van der Waals surface area (Å²) in [5.41, 5.74) is 1.21. The third kappa shape index (κ3) is 4.05. The molecule has 1 N–H and O–H groups in total. The Labute approximate surface area is 125 Å². The molecule has 1 saturated carbocycles. The van der Waals surface area contributed by atoms with Gasteiger partial charge in [-0.15, -0.1) is 0 Å². The van der Waals surface area contributed by atoms with Crippen LogP contribution in [-0.4, -0.2) is 37.4 Å². The summed E-state index contributed by atoms with van der Waals surface area (Å²) < 4.78 is 11.4. The minimum absolute atomic E-state index is 0.138. The molecular weight excluding hydrogens is 266 g/mol. The van der Waals surface area contributed by atoms with Crippen molar-refractivity contribution in [3.63, 3.8) is 0 Å². The lowest BCUT2D eigenvalue weighted by Crippen LogP contribution is -2.49. The van der Waals surface area contributed by atoms with Crippen molar-refractivity contribution in [1.82, 2.24) is 5.32 Å². The monoisotopic (exact) mass is 289 g/mol. The zero-order chi connectivity index (χ0) is 14.5. The summed E-state index contributed by atoms with van der Waals surface area (Å²) in [6.45, 7) is 1.38. The average molecular weight is 289 g/mol. The number of aryl methyl sites for hydroxylation is 1. The third-order valence-corrected chi connectivity index (χ3v) is 4.33. The first kappa shape index (κ1) is 14.5. The fourth-order valence-electron chi connectivity index (χ4n) is 3.20. The standard InChI is InChI=1S/C17H23NO3/c19-17(9-6-13-4-2-1-3-5-13)18-14-7-8-15-16(12-14)21-11-10-20-15/h1-5,14-16H,6-12H2,(H,18,19)/t14-,15+,16-/m1/s1. The van der Waals surface area contributed by atoms with Gasteiger partial charge in [0.1, 0.15) is 0 Å². The van der Waals surface area contributed by atoms with Gasteiger partial charge in [-0.05, 0) is 31.2 Å². The van der Waals surface area contributed by atoms with Gasteiger partial charge < -0.3 is 14.8 Å². The molecule has 1 aromatic rings. The maximum atomic E-state index is 12.1. The van der Waals surface area contributed by atoms with Gasteiger partial charge in [-0.25, -0.2) is 0 Å². The largest absolute Gasteiger partial charge is 0.373 e. The van der Waals surface area contributed by atoms with E-state index in [4.69, 9.17) is 9.47 Å². The van der Waals surface area contributed by atoms with Crippen LogP contribution in [-0.2, 0) is 20.7 Å². The second-order valence-electron chi connectivity index (χ2n) is 5.88. The van der Waals surface area contributed by atoms with Crippen molar-refractivity contribution in [2.75, 3.05) is 13.2 Å². The second kappa shape index (κ2) is 7.05. The van der Waals surface area contributed by atoms with Crippen molar-refractivity contribution >= 4 is 5.91 Å². The molecule has 114 valence electrons. The van der Waals surface area contributed by atoms with Crippen LogP contribution >= 0.6 is 0 Å². The molecule has 3 atom stereocenters. The SMILES string of the molecule is O=C(CCc1ccccc1)N[C@@H]1CC[C@@H]2OCCO[C@@H]2C1. The first-order valence-corrected chi connectivity index (χ1v) is 7.88. The Balaban J connectivity index is 1.42. The lowest BCUT2D eigenvalue weighted by molar-refractivity contribution is -0.158. The molecule has 1 aliphatic heterocycles. The third-order valence-electron chi connectivity index (χ3n) is 4.33. The van der Waals surface area contributed by atoms with Crippen LogP contribution in [0.3, 0.4) is 0 Å². The molecule has 3 rings (SSSR count). The van der Waals surface area contributed by atoms with Gasteiger partial charge in [-0.3, -0.25) is 4.79 Å². The van der Waals surface area contributed by atoms with Crippen molar-refractivity contribution < 1.29 is 14.3 Å². The molecule has 0 bridgehead atoms. The topological polar surface area (TPSA) is 47.6 Å². The van der Waals surface area contributed by atoms with Crippen molar-refractivity contribution in [2.45, 2.75) is 50.4 Å². The van der Waals surface area contributed by atoms with E-state index in [0.29, 0.717) is 19.6 Å². The number of carbonyl (C=O) groups is 1. The maximum Gasteiger partial charge on any atom is 0.220 e. The van der Waals surface area contributed by atoms with Crippen LogP contribution < -0.4 is 5.32 Å². The van der Waals surface area contributed by atoms with E-state index < -0.39 is 0 Å². The lowest BCUT2D eigenvalue weighted by atomic mass is 9.89. The van der Waals surface area contributed by atoms with Gasteiger partial charge in [-0.1, -0.05) is 30.3 Å². The molecule has 21 heavy (non-hydrogen) atoms. The number of rotatable bonds is 4. The van der Waals surface area contributed by atoms with E-state index in [1.54, 1.807) is 0 Å². The molecule has 2 aliphatic rings. The molecule has 1 aromatic carbocycles. The normalized spacial score (nSPS) is 28.7. The predicted molar refractivity (Wildman–Crippen MR) is 80.0 cm³/mol. The van der Waals surface area contributed by atoms with Crippen molar-refractivity contribution in [1.29, 1.82) is 0 Å². The Kier molecular flexibility index (Phi) is 4.88. The van der Waals surface area contributed by atoms with Gasteiger partial charge in [0.2, 0.25) is 5.91 Å². The highest BCUT2D eigenvalue weighted by Gasteiger charge is 2.34. The van der Waals surface area contributed by atoms with Crippen molar-refractivity contribution in [2.24, 2.45) is 0 Å². The summed E-state index contributed by atoms with van der Waals surface area (Å²) in [5.74, 6) is 0.138. The molecule has 1 aliphatic carbocycles. The number of nitrogens with one attached hydrogen (secondary N) is 1. The minimum Gasteiger partial charge on any atom is -0.373 e. The van der Waals surface area contributed by atoms with Crippen LogP contribution in [0.4, 0.5) is 0 Å². The highest BCUT2D eigenvalue weighted by Crippen LogP contribution is 2.26. The number of carbonyl (C=O) groups excluding carboxylic acids is 1. The summed E-state index contributed by atoms with van der Waals surface area (Å²) in [6.07, 6.45) is 4.58. The average Bonchev–Trinajstić information content (AvgIpc) is 2.54. The number of hydrogen-bond donors (Lipinski definition) is 1. The molecule has 2 fully saturated rings. The highest BCUT2D eigenvalue weighted by atomic mass is 16.6. The van der Waals surface area contributed by atoms with Crippen molar-refractivity contribution in [3.05, 3.63) is 35.9 Å². The van der Waals surface area contributed by atoms with Gasteiger partial charge in [0.05, 0.1) is 25.4 Å². The molecule has 1 amide bonds. The number of hydrogen-bond acceptors (Lipinski definition) is 3. The van der Waals surface area contributed by atoms with Crippen LogP contribution in [0, 0.1) is 0 Å². The number of fused-ring (bicyclic) bond motifs is 1. The smallest absolute Gasteiger partial charge is 0.220 e. The zero-order valence-corrected chi connectivity index (χ0v) is 12.3. The van der Waals surface area contributed by atoms with Gasteiger partial charge in [0.15, 0.2) is 0 Å². The molecule has 1 saturated heterocycles. The summed E-state index contributed by atoms with van der Waals surface area (Å²) in [4.78, 5) is 12.1. The van der Waals surface area contributed by atoms with E-state index in [1.165, 1.54) is 5.56 Å². The first-order valence-electron chi connectivity index (χ1n) is 7.88. The number of benzene rings is 1. The Morgan fingerprint density at radius 1 is 1.10 bits per heavy atom. The minimum atomic E-state index is 0.138. The highest BCUT2D eigenvalue weighted by molar-refractivity contribution is 5.76. The summed E-state index contributed by atoms with van der Waals surface area (Å²) >= 11 is 0. The van der Waals surface area contributed by atoms with E-state index in [0.717, 1.165) is 25.7 Å². The van der Waals surface area contributed by atoms with Crippen LogP contribution in [0.5, 0.6) is 0 Å². The van der Waals surface area contributed by atoms with Gasteiger partial charge >= 0.3 is 0 Å². The van der Waals surface area contributed by atoms with Crippen LogP contribution in [0.2, 0.25) is 0 Å². The first-order chi connectivity index (χ1) is 10.3. The Bertz CT molecular complexity index is 462. The Hall–Kier alpha value is -1.39. The molecule has 0 spiro atoms. The lowest BCUT2D eigenvalue weighted by Gasteiger charge is -2.39. The van der Waals surface area contributed by atoms with Crippen LogP contribution in [0.1, 0.15) is 31.2 Å². The summed E-state index contributed by atoms with van der Waals surface area (Å²) in [5, 5.41) is 3.15. The molecule has 1 heterocycles. The quantitative estimate of drug-likeness (QED) is 0.923. The molecule has 0 aromatic heterocycles. The van der Waals surface area contributed by atoms with Crippen molar-refractivity contribution in [3.8, 4) is 0 Å². The molecule has 4 heteroatoms. The van der Waals surface area contributed by atoms with E-state index in [-0.39, 0.29) is 24.2 Å². The Morgan fingerprint density at radius 3 is 2.67 bits per heavy atom. The van der Waals surface area contributed by atoms with Crippen LogP contribution in [0.25, 0.3) is 0 Å². The van der Waals surface area contributed by atoms with E-state index in [9.17, 15) is 4.79 Å². The van der Waals surface area contributed by atoms with Crippen LogP contribution in [0.15, 0.2) is 30.3 Å². The number of amides is 1. The fraction of sp³-hybridized carbons (Fsp3) is 0.588. The molecule has 0 radical (unpaired) electrons. The predicted octanol–water partition coefficient (Wildman–Crippen LogP) is 2.07. The van der Waals surface area contributed by atoms with Gasteiger partial charge in [0.25, 0.3) is 0 Å². The van der Waals surface area contributed by atoms with Gasteiger partial charge in [0, 0.05) is 12.5 Å². The zero-order valence-electron chi connectivity index (χ0n) is 12.3. The Morgan fingerprint density at radius 2 is 1.86 bits per heavy atom. The second-order valence-corrected chi connectivity index (χ2v) is 5.88. The van der Waals surface area contributed by atoms with E-state index in [1.807, 2.05) is 18.2 Å².